The van der Waals surface area contributed by atoms with E-state index in [2.05, 4.69) is 51.8 Å². The summed E-state index contributed by atoms with van der Waals surface area (Å²) in [5.74, 6) is 0. The van der Waals surface area contributed by atoms with Crippen LogP contribution in [0.25, 0.3) is 0 Å². The van der Waals surface area contributed by atoms with Crippen molar-refractivity contribution in [1.82, 2.24) is 10.3 Å². The Bertz CT molecular complexity index is 455. The Kier molecular flexibility index (Phi) is 5.31. The van der Waals surface area contributed by atoms with Gasteiger partial charge in [-0.1, -0.05) is 41.5 Å². The molecule has 1 aliphatic rings. The lowest BCUT2D eigenvalue weighted by atomic mass is 9.91. The molecule has 0 aliphatic heterocycles. The zero-order valence-electron chi connectivity index (χ0n) is 14.5. The van der Waals surface area contributed by atoms with Crippen molar-refractivity contribution < 1.29 is 0 Å². The van der Waals surface area contributed by atoms with E-state index in [9.17, 15) is 0 Å². The molecule has 2 rings (SSSR count). The smallest absolute Gasteiger partial charge is 0.186 e. The summed E-state index contributed by atoms with van der Waals surface area (Å²) in [6.07, 6.45) is 3.87. The van der Waals surface area contributed by atoms with Crippen LogP contribution in [0.2, 0.25) is 0 Å². The van der Waals surface area contributed by atoms with Gasteiger partial charge in [0.05, 0.1) is 5.69 Å². The summed E-state index contributed by atoms with van der Waals surface area (Å²) in [4.78, 5) is 8.99. The van der Waals surface area contributed by atoms with Gasteiger partial charge in [0.2, 0.25) is 0 Å². The first-order valence-corrected chi connectivity index (χ1v) is 9.14. The van der Waals surface area contributed by atoms with Gasteiger partial charge in [-0.25, -0.2) is 4.98 Å². The van der Waals surface area contributed by atoms with Crippen molar-refractivity contribution in [2.24, 2.45) is 0 Å². The van der Waals surface area contributed by atoms with Crippen LogP contribution in [-0.4, -0.2) is 23.6 Å². The molecule has 3 nitrogen and oxygen atoms in total. The fraction of sp³-hybridized carbons (Fsp3) is 0.824. The average Bonchev–Trinajstić information content (AvgIpc) is 3.11. The van der Waals surface area contributed by atoms with Gasteiger partial charge in [0.1, 0.15) is 0 Å². The number of thiazole rings is 1. The van der Waals surface area contributed by atoms with E-state index in [1.807, 2.05) is 11.3 Å². The van der Waals surface area contributed by atoms with Crippen LogP contribution in [0, 0.1) is 0 Å². The normalized spacial score (nSPS) is 15.8. The lowest BCUT2D eigenvalue weighted by Crippen LogP contribution is -2.26. The summed E-state index contributed by atoms with van der Waals surface area (Å²) < 4.78 is 0. The molecule has 120 valence electrons. The molecule has 0 aromatic carbocycles. The third kappa shape index (κ3) is 4.43. The largest absolute Gasteiger partial charge is 0.345 e. The maximum atomic E-state index is 5.04. The summed E-state index contributed by atoms with van der Waals surface area (Å²) in [5.41, 5.74) is 1.39. The number of rotatable bonds is 7. The maximum absolute atomic E-state index is 5.04. The molecule has 4 heteroatoms. The van der Waals surface area contributed by atoms with Crippen LogP contribution in [0.4, 0.5) is 5.13 Å². The molecule has 0 unspecified atom stereocenters. The lowest BCUT2D eigenvalue weighted by Gasteiger charge is -2.21. The number of aromatic nitrogens is 1. The molecule has 21 heavy (non-hydrogen) atoms. The molecule has 1 aromatic rings. The van der Waals surface area contributed by atoms with Crippen LogP contribution in [0.5, 0.6) is 0 Å². The molecule has 1 aliphatic carbocycles. The molecule has 0 atom stereocenters. The minimum absolute atomic E-state index is 0.115. The fourth-order valence-corrected chi connectivity index (χ4v) is 3.85. The fourth-order valence-electron chi connectivity index (χ4n) is 2.53. The Labute approximate surface area is 134 Å². The molecule has 0 amide bonds. The highest BCUT2D eigenvalue weighted by atomic mass is 32.1. The summed E-state index contributed by atoms with van der Waals surface area (Å²) >= 11 is 1.90. The Hall–Kier alpha value is -0.610. The third-order valence-electron chi connectivity index (χ3n) is 3.77. The van der Waals surface area contributed by atoms with Crippen LogP contribution in [0.3, 0.4) is 0 Å². The molecule has 1 heterocycles. The molecule has 0 spiro atoms. The van der Waals surface area contributed by atoms with Crippen LogP contribution in [0.1, 0.15) is 71.4 Å². The molecule has 1 saturated carbocycles. The zero-order valence-corrected chi connectivity index (χ0v) is 15.3. The van der Waals surface area contributed by atoms with Crippen LogP contribution < -0.4 is 10.2 Å². The number of nitrogens with zero attached hydrogens (tertiary/aromatic N) is 2. The standard InChI is InChI=1S/C17H31N3S/c1-7-10-20(13-8-9-13)16-19-15(17(4,5)6)14(21-16)11-18-12(2)3/h12-13,18H,7-11H2,1-6H3. The first-order chi connectivity index (χ1) is 9.82. The summed E-state index contributed by atoms with van der Waals surface area (Å²) in [5, 5.41) is 4.80. The highest BCUT2D eigenvalue weighted by molar-refractivity contribution is 7.15. The second-order valence-corrected chi connectivity index (χ2v) is 8.54. The molecular weight excluding hydrogens is 278 g/mol. The van der Waals surface area contributed by atoms with Crippen molar-refractivity contribution in [1.29, 1.82) is 0 Å². The Morgan fingerprint density at radius 3 is 2.48 bits per heavy atom. The predicted octanol–water partition coefficient (Wildman–Crippen LogP) is 4.32. The van der Waals surface area contributed by atoms with E-state index in [0.29, 0.717) is 6.04 Å². The number of hydrogen-bond donors (Lipinski definition) is 1. The number of anilines is 1. The van der Waals surface area contributed by atoms with Gasteiger partial charge in [0.25, 0.3) is 0 Å². The van der Waals surface area contributed by atoms with Crippen LogP contribution in [0.15, 0.2) is 0 Å². The molecule has 0 saturated heterocycles. The van der Waals surface area contributed by atoms with Gasteiger partial charge >= 0.3 is 0 Å². The van der Waals surface area contributed by atoms with Gasteiger partial charge in [-0.05, 0) is 19.3 Å². The van der Waals surface area contributed by atoms with Gasteiger partial charge < -0.3 is 10.2 Å². The summed E-state index contributed by atoms with van der Waals surface area (Å²) in [6, 6.07) is 1.26. The third-order valence-corrected chi connectivity index (χ3v) is 4.86. The zero-order chi connectivity index (χ0) is 15.6. The molecule has 1 fully saturated rings. The molecule has 0 radical (unpaired) electrons. The minimum Gasteiger partial charge on any atom is -0.345 e. The molecular formula is C17H31N3S. The maximum Gasteiger partial charge on any atom is 0.186 e. The van der Waals surface area contributed by atoms with Gasteiger partial charge in [-0.15, -0.1) is 11.3 Å². The van der Waals surface area contributed by atoms with Crippen molar-refractivity contribution in [2.45, 2.75) is 84.8 Å². The van der Waals surface area contributed by atoms with E-state index in [0.717, 1.165) is 19.1 Å². The van der Waals surface area contributed by atoms with Crippen molar-refractivity contribution >= 4 is 16.5 Å². The molecule has 0 bridgehead atoms. The van der Waals surface area contributed by atoms with E-state index < -0.39 is 0 Å². The Morgan fingerprint density at radius 1 is 1.33 bits per heavy atom. The van der Waals surface area contributed by atoms with Gasteiger partial charge in [-0.3, -0.25) is 0 Å². The van der Waals surface area contributed by atoms with Crippen molar-refractivity contribution in [3.05, 3.63) is 10.6 Å². The van der Waals surface area contributed by atoms with Crippen LogP contribution >= 0.6 is 11.3 Å². The van der Waals surface area contributed by atoms with E-state index in [-0.39, 0.29) is 5.41 Å². The van der Waals surface area contributed by atoms with Crippen LogP contribution in [-0.2, 0) is 12.0 Å². The van der Waals surface area contributed by atoms with Crippen molar-refractivity contribution in [2.75, 3.05) is 11.4 Å². The summed E-state index contributed by atoms with van der Waals surface area (Å²) in [6.45, 7) is 15.5. The van der Waals surface area contributed by atoms with E-state index >= 15 is 0 Å². The van der Waals surface area contributed by atoms with E-state index in [1.165, 1.54) is 35.0 Å². The quantitative estimate of drug-likeness (QED) is 0.813. The second-order valence-electron chi connectivity index (χ2n) is 7.48. The van der Waals surface area contributed by atoms with Gasteiger partial charge in [0.15, 0.2) is 5.13 Å². The number of hydrogen-bond acceptors (Lipinski definition) is 4. The predicted molar refractivity (Wildman–Crippen MR) is 93.4 cm³/mol. The average molecular weight is 310 g/mol. The van der Waals surface area contributed by atoms with Crippen molar-refractivity contribution in [3.63, 3.8) is 0 Å². The Morgan fingerprint density at radius 2 is 2.00 bits per heavy atom. The first-order valence-electron chi connectivity index (χ1n) is 8.33. The van der Waals surface area contributed by atoms with E-state index in [4.69, 9.17) is 4.98 Å². The Balaban J connectivity index is 2.25. The lowest BCUT2D eigenvalue weighted by molar-refractivity contribution is 0.545. The highest BCUT2D eigenvalue weighted by Crippen LogP contribution is 2.38. The van der Waals surface area contributed by atoms with Crippen molar-refractivity contribution in [3.8, 4) is 0 Å². The topological polar surface area (TPSA) is 28.2 Å². The van der Waals surface area contributed by atoms with Gasteiger partial charge in [0, 0.05) is 35.5 Å². The molecule has 1 aromatic heterocycles. The monoisotopic (exact) mass is 309 g/mol. The molecule has 1 N–H and O–H groups in total. The second kappa shape index (κ2) is 6.66. The first kappa shape index (κ1) is 16.8. The minimum atomic E-state index is 0.115. The summed E-state index contributed by atoms with van der Waals surface area (Å²) in [7, 11) is 0. The highest BCUT2D eigenvalue weighted by Gasteiger charge is 2.32. The SMILES string of the molecule is CCCN(c1nc(C(C)(C)C)c(CNC(C)C)s1)C1CC1. The van der Waals surface area contributed by atoms with Gasteiger partial charge in [-0.2, -0.15) is 0 Å². The number of nitrogens with one attached hydrogen (secondary N) is 1. The van der Waals surface area contributed by atoms with E-state index in [1.54, 1.807) is 0 Å².